The van der Waals surface area contributed by atoms with E-state index in [-0.39, 0.29) is 37.4 Å². The van der Waals surface area contributed by atoms with E-state index in [0.717, 1.165) is 12.2 Å². The number of anilines is 1. The third-order valence-electron chi connectivity index (χ3n) is 5.97. The monoisotopic (exact) mass is 592 g/mol. The number of nitrogens with one attached hydrogen (secondary N) is 2. The van der Waals surface area contributed by atoms with Crippen molar-refractivity contribution < 1.29 is 28.8 Å². The first-order valence-electron chi connectivity index (χ1n) is 13.2. The van der Waals surface area contributed by atoms with Crippen molar-refractivity contribution in [3.8, 4) is 11.8 Å². The van der Waals surface area contributed by atoms with Crippen molar-refractivity contribution >= 4 is 57.4 Å². The summed E-state index contributed by atoms with van der Waals surface area (Å²) in [5, 5.41) is 15.3. The van der Waals surface area contributed by atoms with Crippen molar-refractivity contribution in [1.29, 1.82) is 0 Å². The number of amides is 1. The largest absolute Gasteiger partial charge is 0.449 e. The Labute approximate surface area is 242 Å². The Morgan fingerprint density at radius 3 is 2.88 bits per heavy atom. The minimum absolute atomic E-state index is 0.0881. The normalized spacial score (nSPS) is 18.4. The zero-order valence-corrected chi connectivity index (χ0v) is 24.7. The van der Waals surface area contributed by atoms with Crippen LogP contribution in [0.25, 0.3) is 11.0 Å². The van der Waals surface area contributed by atoms with Crippen LogP contribution < -0.4 is 16.3 Å². The van der Waals surface area contributed by atoms with Crippen molar-refractivity contribution in [2.24, 2.45) is 0 Å². The molecule has 1 aliphatic heterocycles. The molecule has 1 aliphatic rings. The first-order valence-corrected chi connectivity index (χ1v) is 15.7. The van der Waals surface area contributed by atoms with Gasteiger partial charge in [0, 0.05) is 30.5 Å². The Morgan fingerprint density at radius 1 is 1.32 bits per heavy atom. The van der Waals surface area contributed by atoms with Crippen LogP contribution in [-0.2, 0) is 19.0 Å². The van der Waals surface area contributed by atoms with E-state index in [9.17, 15) is 9.59 Å². The second kappa shape index (κ2) is 16.7. The Morgan fingerprint density at radius 2 is 2.12 bits per heavy atom. The maximum atomic E-state index is 12.0. The fourth-order valence-corrected chi connectivity index (χ4v) is 5.84. The molecule has 0 saturated carbocycles. The van der Waals surface area contributed by atoms with Gasteiger partial charge in [-0.25, -0.2) is 14.8 Å². The highest BCUT2D eigenvalue weighted by Crippen LogP contribution is 2.36. The predicted octanol–water partition coefficient (Wildman–Crippen LogP) is 2.23. The molecule has 0 radical (unpaired) electrons. The lowest BCUT2D eigenvalue weighted by Gasteiger charge is -2.16. The van der Waals surface area contributed by atoms with Gasteiger partial charge in [-0.1, -0.05) is 40.4 Å². The molecule has 0 aromatic carbocycles. The molecule has 0 bridgehead atoms. The van der Waals surface area contributed by atoms with Gasteiger partial charge in [0.1, 0.15) is 36.4 Å². The highest BCUT2D eigenvalue weighted by atomic mass is 33.1. The fourth-order valence-electron chi connectivity index (χ4n) is 4.09. The van der Waals surface area contributed by atoms with Crippen molar-refractivity contribution in [1.82, 2.24) is 25.1 Å². The average Bonchev–Trinajstić information content (AvgIpc) is 3.49. The maximum absolute atomic E-state index is 12.0. The molecule has 12 nitrogen and oxygen atoms in total. The van der Waals surface area contributed by atoms with Crippen LogP contribution in [0.3, 0.4) is 0 Å². The molecule has 2 aromatic rings. The number of hydrogen-bond donors (Lipinski definition) is 4. The summed E-state index contributed by atoms with van der Waals surface area (Å²) in [4.78, 5) is 31.8. The van der Waals surface area contributed by atoms with Crippen LogP contribution in [0, 0.1) is 11.8 Å². The summed E-state index contributed by atoms with van der Waals surface area (Å²) < 4.78 is 19.3. The average molecular weight is 593 g/mol. The van der Waals surface area contributed by atoms with Crippen LogP contribution in [0.5, 0.6) is 0 Å². The lowest BCUT2D eigenvalue weighted by atomic mass is 9.89. The van der Waals surface area contributed by atoms with Crippen LogP contribution in [0.15, 0.2) is 12.5 Å². The molecule has 1 saturated heterocycles. The smallest absolute Gasteiger partial charge is 0.407 e. The molecule has 3 heterocycles. The van der Waals surface area contributed by atoms with Gasteiger partial charge in [-0.3, -0.25) is 4.79 Å². The molecule has 40 heavy (non-hydrogen) atoms. The quantitative estimate of drug-likeness (QED) is 0.103. The Kier molecular flexibility index (Phi) is 13.4. The van der Waals surface area contributed by atoms with Gasteiger partial charge in [-0.05, 0) is 26.7 Å². The topological polar surface area (TPSA) is 163 Å². The molecule has 5 N–H and O–H groups in total. The molecule has 3 atom stereocenters. The highest BCUT2D eigenvalue weighted by Gasteiger charge is 2.37. The molecule has 2 aromatic heterocycles. The van der Waals surface area contributed by atoms with E-state index >= 15 is 0 Å². The molecule has 0 unspecified atom stereocenters. The number of nitrogens with two attached hydrogens (primary N) is 1. The molecule has 1 amide bonds. The van der Waals surface area contributed by atoms with Gasteiger partial charge in [-0.2, -0.15) is 0 Å². The molecule has 15 heteroatoms. The summed E-state index contributed by atoms with van der Waals surface area (Å²) in [5.41, 5.74) is 7.40. The summed E-state index contributed by atoms with van der Waals surface area (Å²) in [7, 11) is 2.73. The highest BCUT2D eigenvalue weighted by molar-refractivity contribution is 8.76. The molecule has 3 rings (SSSR count). The van der Waals surface area contributed by atoms with Gasteiger partial charge in [0.15, 0.2) is 0 Å². The Bertz CT molecular complexity index is 1190. The number of aromatic nitrogens is 3. The second-order valence-electron chi connectivity index (χ2n) is 9.11. The van der Waals surface area contributed by atoms with Gasteiger partial charge in [0.25, 0.3) is 0 Å². The van der Waals surface area contributed by atoms with Crippen LogP contribution in [0.4, 0.5) is 10.6 Å². The number of nitrogen functional groups attached to an aromatic ring is 1. The fraction of sp³-hybridized carbons (Fsp3) is 0.600. The van der Waals surface area contributed by atoms with Gasteiger partial charge in [0.05, 0.1) is 36.3 Å². The number of Topliss-reactive ketones (excluding diaryl/α,β-unsaturated/α-hetero) is 1. The SMILES string of the molecule is CC[C@H]1O[C@@H](n2cc(C#CCNC(=O)OCCSSCCNB(C)O)c3c(N)ncnc32)C[C@H]1OCCC(C)=O. The van der Waals surface area contributed by atoms with Crippen molar-refractivity contribution in [2.75, 3.05) is 43.5 Å². The van der Waals surface area contributed by atoms with Crippen molar-refractivity contribution in [2.45, 2.75) is 58.4 Å². The summed E-state index contributed by atoms with van der Waals surface area (Å²) in [5.74, 6) is 7.88. The minimum Gasteiger partial charge on any atom is -0.449 e. The number of hydrogen-bond acceptors (Lipinski definition) is 12. The summed E-state index contributed by atoms with van der Waals surface area (Å²) in [6, 6.07) is 0. The van der Waals surface area contributed by atoms with E-state index < -0.39 is 13.1 Å². The molecular formula is C25H37BN6O6S2. The molecule has 0 aliphatic carbocycles. The number of rotatable bonds is 15. The Balaban J connectivity index is 1.53. The number of alkyl carbamates (subject to hydrolysis) is 1. The number of carbonyl (C=O) groups is 2. The van der Waals surface area contributed by atoms with Crippen LogP contribution in [0.1, 0.15) is 44.9 Å². The summed E-state index contributed by atoms with van der Waals surface area (Å²) in [6.07, 6.45) is 3.85. The minimum atomic E-state index is -0.540. The number of ether oxygens (including phenoxy) is 3. The van der Waals surface area contributed by atoms with E-state index in [1.54, 1.807) is 35.3 Å². The first-order chi connectivity index (χ1) is 19.3. The number of nitrogens with zero attached hydrogens (tertiary/aromatic N) is 3. The number of carbonyl (C=O) groups excluding carboxylic acids is 2. The van der Waals surface area contributed by atoms with E-state index in [2.05, 4.69) is 32.4 Å². The summed E-state index contributed by atoms with van der Waals surface area (Å²) in [6.45, 7) is 6.70. The molecular weight excluding hydrogens is 555 g/mol. The van der Waals surface area contributed by atoms with Crippen molar-refractivity contribution in [3.05, 3.63) is 18.1 Å². The molecule has 218 valence electrons. The van der Waals surface area contributed by atoms with Gasteiger partial charge in [-0.15, -0.1) is 0 Å². The third-order valence-corrected chi connectivity index (χ3v) is 8.34. The molecule has 0 spiro atoms. The van der Waals surface area contributed by atoms with Gasteiger partial charge in [0.2, 0.25) is 0 Å². The second-order valence-corrected chi connectivity index (χ2v) is 11.8. The number of fused-ring (bicyclic) bond motifs is 1. The van der Waals surface area contributed by atoms with Gasteiger partial charge >= 0.3 is 13.1 Å². The van der Waals surface area contributed by atoms with Crippen LogP contribution in [0.2, 0.25) is 6.82 Å². The van der Waals surface area contributed by atoms with E-state index in [1.807, 2.05) is 17.7 Å². The van der Waals surface area contributed by atoms with Crippen LogP contribution in [-0.4, -0.2) is 88.5 Å². The zero-order valence-electron chi connectivity index (χ0n) is 23.1. The maximum Gasteiger partial charge on any atom is 0.407 e. The van der Waals surface area contributed by atoms with Crippen LogP contribution >= 0.6 is 21.6 Å². The lowest BCUT2D eigenvalue weighted by molar-refractivity contribution is -0.119. The molecule has 1 fully saturated rings. The third kappa shape index (κ3) is 9.86. The standard InChI is InChI=1S/C25H37BN6O6S2/c1-4-19-20(36-10-7-17(2)33)14-21(38-19)32-15-18(22-23(27)29-16-30-24(22)32)6-5-8-28-25(34)37-11-13-40-39-12-9-31-26(3)35/h15-16,19-21,31,35H,4,7-14H2,1-3H3,(H,28,34)(H2,27,29,30)/t19-,20-,21-/m1/s1. The first kappa shape index (κ1) is 32.0. The Hall–Kier alpha value is -2.48. The van der Waals surface area contributed by atoms with E-state index in [4.69, 9.17) is 25.0 Å². The summed E-state index contributed by atoms with van der Waals surface area (Å²) >= 11 is 0. The van der Waals surface area contributed by atoms with Crippen molar-refractivity contribution in [3.63, 3.8) is 0 Å². The zero-order chi connectivity index (χ0) is 28.9. The van der Waals surface area contributed by atoms with E-state index in [1.165, 1.54) is 6.33 Å². The van der Waals surface area contributed by atoms with E-state index in [0.29, 0.717) is 54.2 Å². The number of ketones is 1. The lowest BCUT2D eigenvalue weighted by Crippen LogP contribution is -2.32. The van der Waals surface area contributed by atoms with Gasteiger partial charge < -0.3 is 40.1 Å². The predicted molar refractivity (Wildman–Crippen MR) is 159 cm³/mol.